The third-order valence-electron chi connectivity index (χ3n) is 22.6. The van der Waals surface area contributed by atoms with Gasteiger partial charge in [-0.3, -0.25) is 19.2 Å². The van der Waals surface area contributed by atoms with Crippen LogP contribution in [0.4, 0.5) is 0 Å². The average molecular weight is 969 g/mol. The van der Waals surface area contributed by atoms with E-state index in [1.54, 1.807) is 0 Å². The molecule has 2 amide bonds. The molecule has 0 radical (unpaired) electrons. The third kappa shape index (κ3) is 10.9. The van der Waals surface area contributed by atoms with Crippen molar-refractivity contribution in [3.63, 3.8) is 0 Å². The molecule has 0 aliphatic heterocycles. The Morgan fingerprint density at radius 2 is 0.884 bits per heavy atom. The highest BCUT2D eigenvalue weighted by atomic mass is 16.5. The van der Waals surface area contributed by atoms with Gasteiger partial charge in [0.1, 0.15) is 0 Å². The maximum Gasteiger partial charge on any atom is 0.305 e. The maximum absolute atomic E-state index is 13.3. The molecular formula is C57H96N2O10. The van der Waals surface area contributed by atoms with Crippen LogP contribution < -0.4 is 10.6 Å². The van der Waals surface area contributed by atoms with Crippen molar-refractivity contribution in [2.75, 3.05) is 27.4 Å². The van der Waals surface area contributed by atoms with Crippen molar-refractivity contribution in [2.45, 2.75) is 214 Å². The van der Waals surface area contributed by atoms with Gasteiger partial charge in [0, 0.05) is 37.8 Å². The molecule has 0 aromatic heterocycles. The van der Waals surface area contributed by atoms with E-state index in [1.165, 1.54) is 52.7 Å². The summed E-state index contributed by atoms with van der Waals surface area (Å²) in [4.78, 5) is 50.6. The molecule has 8 saturated carbocycles. The Morgan fingerprint density at radius 3 is 1.25 bits per heavy atom. The highest BCUT2D eigenvalue weighted by Crippen LogP contribution is 2.70. The van der Waals surface area contributed by atoms with Crippen molar-refractivity contribution in [3.8, 4) is 0 Å². The summed E-state index contributed by atoms with van der Waals surface area (Å²) in [7, 11) is 2.95. The second-order valence-corrected chi connectivity index (χ2v) is 25.6. The van der Waals surface area contributed by atoms with Crippen LogP contribution in [0.25, 0.3) is 0 Å². The molecule has 12 heteroatoms. The van der Waals surface area contributed by atoms with E-state index in [-0.39, 0.29) is 82.9 Å². The SMILES string of the molecule is COC(=O)CC[C@@H](C)[C@H]1CCC2C3C(CC[C@@]21C)[C@@]1(C)CC[C@@H](NC(=O)CCCC(=O)N[C@H]2CC[C@@]4(C)C(C2)C[C@H](O)C2C4CC[C@@]4(C)C2CC[C@@H]4[C@H](C)CCC(=O)OC)CC1C[C@H]3O.OCCO. The van der Waals surface area contributed by atoms with E-state index >= 15 is 0 Å². The lowest BCUT2D eigenvalue weighted by molar-refractivity contribution is -0.167. The van der Waals surface area contributed by atoms with Crippen molar-refractivity contribution in [1.82, 2.24) is 10.6 Å². The maximum atomic E-state index is 13.3. The van der Waals surface area contributed by atoms with Gasteiger partial charge in [0.25, 0.3) is 0 Å². The van der Waals surface area contributed by atoms with Crippen molar-refractivity contribution < 1.29 is 49.1 Å². The third-order valence-corrected chi connectivity index (χ3v) is 22.6. The number of aliphatic hydroxyl groups is 4. The van der Waals surface area contributed by atoms with Crippen molar-refractivity contribution in [1.29, 1.82) is 0 Å². The molecule has 12 nitrogen and oxygen atoms in total. The Labute approximate surface area is 415 Å². The smallest absolute Gasteiger partial charge is 0.305 e. The molecular weight excluding hydrogens is 873 g/mol. The van der Waals surface area contributed by atoms with Gasteiger partial charge >= 0.3 is 11.9 Å². The fraction of sp³-hybridized carbons (Fsp3) is 0.930. The first-order valence-corrected chi connectivity index (χ1v) is 28.1. The lowest BCUT2D eigenvalue weighted by atomic mass is 9.43. The number of amides is 2. The zero-order chi connectivity index (χ0) is 50.1. The summed E-state index contributed by atoms with van der Waals surface area (Å²) >= 11 is 0. The molecule has 0 saturated heterocycles. The molecule has 8 aliphatic rings. The van der Waals surface area contributed by atoms with Gasteiger partial charge in [0.05, 0.1) is 39.6 Å². The molecule has 0 aromatic rings. The van der Waals surface area contributed by atoms with Crippen LogP contribution in [-0.4, -0.2) is 95.9 Å². The quantitative estimate of drug-likeness (QED) is 0.0868. The lowest BCUT2D eigenvalue weighted by Gasteiger charge is -2.62. The molecule has 69 heavy (non-hydrogen) atoms. The van der Waals surface area contributed by atoms with Crippen LogP contribution in [0.5, 0.6) is 0 Å². The number of ether oxygens (including phenoxy) is 2. The van der Waals surface area contributed by atoms with E-state index in [0.717, 1.165) is 77.0 Å². The van der Waals surface area contributed by atoms with Gasteiger partial charge in [-0.25, -0.2) is 0 Å². The Hall–Kier alpha value is -2.28. The standard InChI is InChI=1S/C55H90N2O8.C2H6O2/c1-32(12-18-48(62)64-7)38-14-16-40-50-42(22-26-54(38,40)5)52(3)24-20-36(28-34(52)30-44(50)58)56-46(60)10-9-11-47(61)57-37-21-25-53(4)35(29-37)31-45(59)51-41-17-15-39(33(2)13-19-49(63)65-8)55(41,6)27-23-43(51)53;3-1-2-4/h32-45,50-51,58-59H,9-31H2,1-8H3,(H,56,60)(H,57,61);3-4H,1-2H2/t32-,33-,34?,35?,36-,37+,38-,39-,40?,41?,42?,43?,44-,45+,50?,51?,52+,53+,54-,55-;/m1./s1. The molecule has 0 heterocycles. The number of esters is 2. The minimum Gasteiger partial charge on any atom is -0.469 e. The second kappa shape index (κ2) is 22.5. The molecule has 394 valence electrons. The average Bonchev–Trinajstić information content (AvgIpc) is 3.87. The Balaban J connectivity index is 0.00000169. The molecule has 8 fully saturated rings. The van der Waals surface area contributed by atoms with Crippen LogP contribution in [0, 0.1) is 92.7 Å². The van der Waals surface area contributed by atoms with E-state index in [0.29, 0.717) is 103 Å². The van der Waals surface area contributed by atoms with E-state index in [4.69, 9.17) is 19.7 Å². The van der Waals surface area contributed by atoms with Crippen LogP contribution in [0.1, 0.15) is 189 Å². The number of carbonyl (C=O) groups is 4. The number of aliphatic hydroxyl groups excluding tert-OH is 4. The molecule has 0 aromatic carbocycles. The summed E-state index contributed by atoms with van der Waals surface area (Å²) in [6.07, 6.45) is 20.4. The molecule has 6 N–H and O–H groups in total. The zero-order valence-electron chi connectivity index (χ0n) is 44.2. The van der Waals surface area contributed by atoms with Gasteiger partial charge in [-0.1, -0.05) is 41.5 Å². The van der Waals surface area contributed by atoms with E-state index in [1.807, 2.05) is 0 Å². The normalized spacial score (nSPS) is 43.9. The first-order valence-electron chi connectivity index (χ1n) is 28.1. The highest BCUT2D eigenvalue weighted by Gasteiger charge is 2.65. The van der Waals surface area contributed by atoms with Crippen molar-refractivity contribution >= 4 is 23.8 Å². The predicted octanol–water partition coefficient (Wildman–Crippen LogP) is 8.54. The number of carbonyl (C=O) groups excluding carboxylic acids is 4. The first-order chi connectivity index (χ1) is 32.8. The lowest BCUT2D eigenvalue weighted by Crippen LogP contribution is -2.59. The van der Waals surface area contributed by atoms with Crippen molar-refractivity contribution in [2.24, 2.45) is 92.7 Å². The largest absolute Gasteiger partial charge is 0.469 e. The summed E-state index contributed by atoms with van der Waals surface area (Å²) in [5.41, 5.74) is 0.769. The Bertz CT molecular complexity index is 1660. The Kier molecular flexibility index (Phi) is 17.7. The van der Waals surface area contributed by atoms with Gasteiger partial charge in [-0.05, 0) is 215 Å². The highest BCUT2D eigenvalue weighted by molar-refractivity contribution is 5.79. The van der Waals surface area contributed by atoms with Crippen LogP contribution in [0.3, 0.4) is 0 Å². The molecule has 8 unspecified atom stereocenters. The second-order valence-electron chi connectivity index (χ2n) is 25.6. The van der Waals surface area contributed by atoms with Crippen LogP contribution in [-0.2, 0) is 28.7 Å². The fourth-order valence-corrected chi connectivity index (χ4v) is 19.0. The molecule has 0 spiro atoms. The molecule has 20 atom stereocenters. The number of hydrogen-bond acceptors (Lipinski definition) is 10. The van der Waals surface area contributed by atoms with Gasteiger partial charge in [0.2, 0.25) is 11.8 Å². The van der Waals surface area contributed by atoms with Gasteiger partial charge < -0.3 is 40.5 Å². The van der Waals surface area contributed by atoms with Gasteiger partial charge in [0.15, 0.2) is 0 Å². The topological polar surface area (TPSA) is 192 Å². The van der Waals surface area contributed by atoms with E-state index in [2.05, 4.69) is 52.2 Å². The summed E-state index contributed by atoms with van der Waals surface area (Å²) in [6.45, 7) is 14.4. The zero-order valence-corrected chi connectivity index (χ0v) is 44.2. The number of fused-ring (bicyclic) bond motifs is 10. The van der Waals surface area contributed by atoms with Crippen LogP contribution >= 0.6 is 0 Å². The van der Waals surface area contributed by atoms with Crippen molar-refractivity contribution in [3.05, 3.63) is 0 Å². The summed E-state index contributed by atoms with van der Waals surface area (Å²) in [5, 5.41) is 45.8. The Morgan fingerprint density at radius 1 is 0.522 bits per heavy atom. The van der Waals surface area contributed by atoms with Crippen LogP contribution in [0.15, 0.2) is 0 Å². The summed E-state index contributed by atoms with van der Waals surface area (Å²) < 4.78 is 9.90. The number of hydrogen-bond donors (Lipinski definition) is 6. The molecule has 0 bridgehead atoms. The minimum absolute atomic E-state index is 0.0411. The van der Waals surface area contributed by atoms with E-state index < -0.39 is 0 Å². The monoisotopic (exact) mass is 969 g/mol. The van der Waals surface area contributed by atoms with E-state index in [9.17, 15) is 29.4 Å². The van der Waals surface area contributed by atoms with Gasteiger partial charge in [-0.2, -0.15) is 0 Å². The first kappa shape index (κ1) is 54.5. The summed E-state index contributed by atoms with van der Waals surface area (Å²) in [5.74, 6) is 5.46. The molecule has 8 rings (SSSR count). The minimum atomic E-state index is -0.303. The number of nitrogens with one attached hydrogen (secondary N) is 2. The number of methoxy groups -OCH3 is 2. The van der Waals surface area contributed by atoms with Gasteiger partial charge in [-0.15, -0.1) is 0 Å². The summed E-state index contributed by atoms with van der Waals surface area (Å²) in [6, 6.07) is 0.241. The van der Waals surface area contributed by atoms with Crippen LogP contribution in [0.2, 0.25) is 0 Å². The predicted molar refractivity (Wildman–Crippen MR) is 266 cm³/mol. The molecule has 8 aliphatic carbocycles. The fourth-order valence-electron chi connectivity index (χ4n) is 19.0. The number of rotatable bonds is 15.